The number of nitrogens with zero attached hydrogens (tertiary/aromatic N) is 3. The predicted molar refractivity (Wildman–Crippen MR) is 85.3 cm³/mol. The van der Waals surface area contributed by atoms with Crippen molar-refractivity contribution in [2.24, 2.45) is 0 Å². The molecule has 0 radical (unpaired) electrons. The Morgan fingerprint density at radius 1 is 1.30 bits per heavy atom. The van der Waals surface area contributed by atoms with Gasteiger partial charge in [0.25, 0.3) is 5.89 Å². The fourth-order valence-electron chi connectivity index (χ4n) is 2.15. The summed E-state index contributed by atoms with van der Waals surface area (Å²) in [6.07, 6.45) is 2.22. The van der Waals surface area contributed by atoms with Gasteiger partial charge in [0, 0.05) is 17.7 Å². The van der Waals surface area contributed by atoms with Crippen molar-refractivity contribution in [2.75, 3.05) is 5.32 Å². The molecule has 3 rings (SSSR count). The molecule has 1 amide bonds. The van der Waals surface area contributed by atoms with Crippen LogP contribution in [0.3, 0.4) is 0 Å². The van der Waals surface area contributed by atoms with Crippen molar-refractivity contribution < 1.29 is 13.6 Å². The minimum atomic E-state index is -0.101. The fourth-order valence-corrected chi connectivity index (χ4v) is 2.81. The molecule has 0 spiro atoms. The van der Waals surface area contributed by atoms with Crippen molar-refractivity contribution in [1.29, 1.82) is 0 Å². The molecule has 0 aliphatic carbocycles. The van der Waals surface area contributed by atoms with Crippen LogP contribution < -0.4 is 5.32 Å². The molecule has 23 heavy (non-hydrogen) atoms. The van der Waals surface area contributed by atoms with E-state index in [-0.39, 0.29) is 12.3 Å². The first kappa shape index (κ1) is 15.4. The zero-order valence-corrected chi connectivity index (χ0v) is 13.9. The Morgan fingerprint density at radius 3 is 2.78 bits per heavy atom. The number of hydrogen-bond acceptors (Lipinski definition) is 7. The maximum absolute atomic E-state index is 12.0. The van der Waals surface area contributed by atoms with E-state index < -0.39 is 0 Å². The van der Waals surface area contributed by atoms with Crippen LogP contribution in [0.5, 0.6) is 0 Å². The maximum atomic E-state index is 12.0. The van der Waals surface area contributed by atoms with Gasteiger partial charge in [0.05, 0.1) is 23.2 Å². The summed E-state index contributed by atoms with van der Waals surface area (Å²) in [6, 6.07) is 1.77. The average molecular weight is 332 g/mol. The standard InChI is InChI=1S/C15H16N4O3S/c1-8-14(10(3)23-19-8)16-12(20)4-5-13-17-18-15(22-13)11-6-7-21-9(11)2/h6-7H,4-5H2,1-3H3,(H,16,20). The number of aryl methyl sites for hydroxylation is 4. The van der Waals surface area contributed by atoms with Crippen LogP contribution in [-0.2, 0) is 11.2 Å². The Morgan fingerprint density at radius 2 is 2.13 bits per heavy atom. The average Bonchev–Trinajstić information content (AvgIpc) is 3.22. The molecule has 8 heteroatoms. The highest BCUT2D eigenvalue weighted by atomic mass is 32.1. The summed E-state index contributed by atoms with van der Waals surface area (Å²) in [5, 5.41) is 10.8. The van der Waals surface area contributed by atoms with E-state index >= 15 is 0 Å². The third-order valence-corrected chi connectivity index (χ3v) is 4.26. The number of furan rings is 1. The van der Waals surface area contributed by atoms with Gasteiger partial charge in [0.1, 0.15) is 5.76 Å². The van der Waals surface area contributed by atoms with E-state index in [0.29, 0.717) is 24.0 Å². The van der Waals surface area contributed by atoms with E-state index in [4.69, 9.17) is 8.83 Å². The van der Waals surface area contributed by atoms with Gasteiger partial charge in [0.15, 0.2) is 0 Å². The largest absolute Gasteiger partial charge is 0.469 e. The van der Waals surface area contributed by atoms with E-state index in [1.165, 1.54) is 11.5 Å². The second-order valence-electron chi connectivity index (χ2n) is 5.14. The van der Waals surface area contributed by atoms with Gasteiger partial charge < -0.3 is 14.2 Å². The topological polar surface area (TPSA) is 94.1 Å². The summed E-state index contributed by atoms with van der Waals surface area (Å²) in [6.45, 7) is 5.63. The summed E-state index contributed by atoms with van der Waals surface area (Å²) in [5.74, 6) is 1.44. The molecule has 0 aromatic carbocycles. The fraction of sp³-hybridized carbons (Fsp3) is 0.333. The summed E-state index contributed by atoms with van der Waals surface area (Å²) >= 11 is 1.38. The van der Waals surface area contributed by atoms with Gasteiger partial charge in [-0.05, 0) is 38.4 Å². The Bertz CT molecular complexity index is 814. The van der Waals surface area contributed by atoms with Gasteiger partial charge in [-0.3, -0.25) is 4.79 Å². The highest BCUT2D eigenvalue weighted by Crippen LogP contribution is 2.24. The molecular weight excluding hydrogens is 316 g/mol. The van der Waals surface area contributed by atoms with Crippen molar-refractivity contribution >= 4 is 23.1 Å². The second-order valence-corrected chi connectivity index (χ2v) is 6.12. The molecule has 0 unspecified atom stereocenters. The first-order chi connectivity index (χ1) is 11.0. The van der Waals surface area contributed by atoms with E-state index in [1.54, 1.807) is 12.3 Å². The van der Waals surface area contributed by atoms with Gasteiger partial charge in [-0.2, -0.15) is 4.37 Å². The van der Waals surface area contributed by atoms with E-state index in [9.17, 15) is 4.79 Å². The number of hydrogen-bond donors (Lipinski definition) is 1. The second kappa shape index (κ2) is 6.33. The van der Waals surface area contributed by atoms with Gasteiger partial charge in [-0.15, -0.1) is 10.2 Å². The minimum Gasteiger partial charge on any atom is -0.469 e. The van der Waals surface area contributed by atoms with Crippen LogP contribution in [0.4, 0.5) is 5.69 Å². The van der Waals surface area contributed by atoms with E-state index in [0.717, 1.165) is 21.8 Å². The molecule has 0 saturated heterocycles. The van der Waals surface area contributed by atoms with Gasteiger partial charge in [-0.25, -0.2) is 0 Å². The molecule has 0 fully saturated rings. The number of carbonyl (C=O) groups excluding carboxylic acids is 1. The molecule has 3 aromatic heterocycles. The van der Waals surface area contributed by atoms with Gasteiger partial charge in [-0.1, -0.05) is 0 Å². The maximum Gasteiger partial charge on any atom is 0.251 e. The molecule has 120 valence electrons. The predicted octanol–water partition coefficient (Wildman–Crippen LogP) is 3.28. The summed E-state index contributed by atoms with van der Waals surface area (Å²) in [5.41, 5.74) is 2.39. The highest BCUT2D eigenvalue weighted by molar-refractivity contribution is 7.06. The first-order valence-corrected chi connectivity index (χ1v) is 7.91. The molecule has 0 saturated carbocycles. The lowest BCUT2D eigenvalue weighted by atomic mass is 10.2. The summed E-state index contributed by atoms with van der Waals surface area (Å²) in [4.78, 5) is 13.0. The molecule has 0 atom stereocenters. The molecule has 0 aliphatic rings. The molecule has 0 aliphatic heterocycles. The third kappa shape index (κ3) is 3.31. The SMILES string of the molecule is Cc1nsc(C)c1NC(=O)CCc1nnc(-c2ccoc2C)o1. The number of anilines is 1. The van der Waals surface area contributed by atoms with Crippen LogP contribution in [0.2, 0.25) is 0 Å². The summed E-state index contributed by atoms with van der Waals surface area (Å²) < 4.78 is 15.0. The Balaban J connectivity index is 1.60. The number of carbonyl (C=O) groups is 1. The van der Waals surface area contributed by atoms with Crippen molar-refractivity contribution in [2.45, 2.75) is 33.6 Å². The molecule has 3 aromatic rings. The normalized spacial score (nSPS) is 10.9. The van der Waals surface area contributed by atoms with Crippen LogP contribution in [0.15, 0.2) is 21.2 Å². The smallest absolute Gasteiger partial charge is 0.251 e. The monoisotopic (exact) mass is 332 g/mol. The first-order valence-electron chi connectivity index (χ1n) is 7.14. The van der Waals surface area contributed by atoms with Crippen molar-refractivity contribution in [1.82, 2.24) is 14.6 Å². The molecule has 3 heterocycles. The van der Waals surface area contributed by atoms with Gasteiger partial charge >= 0.3 is 0 Å². The zero-order valence-electron chi connectivity index (χ0n) is 13.0. The molecule has 0 bridgehead atoms. The van der Waals surface area contributed by atoms with Crippen LogP contribution in [-0.4, -0.2) is 20.5 Å². The lowest BCUT2D eigenvalue weighted by Gasteiger charge is -2.03. The lowest BCUT2D eigenvalue weighted by Crippen LogP contribution is -2.13. The third-order valence-electron chi connectivity index (χ3n) is 3.42. The van der Waals surface area contributed by atoms with Crippen LogP contribution >= 0.6 is 11.5 Å². The van der Waals surface area contributed by atoms with Crippen molar-refractivity contribution in [3.8, 4) is 11.5 Å². The van der Waals surface area contributed by atoms with Crippen molar-refractivity contribution in [3.63, 3.8) is 0 Å². The van der Waals surface area contributed by atoms with E-state index in [1.807, 2.05) is 20.8 Å². The molecule has 7 nitrogen and oxygen atoms in total. The quantitative estimate of drug-likeness (QED) is 0.770. The molecule has 1 N–H and O–H groups in total. The van der Waals surface area contributed by atoms with Crippen LogP contribution in [0.1, 0.15) is 28.6 Å². The lowest BCUT2D eigenvalue weighted by molar-refractivity contribution is -0.116. The number of amides is 1. The Labute approximate surface area is 136 Å². The number of nitrogens with one attached hydrogen (secondary N) is 1. The van der Waals surface area contributed by atoms with E-state index in [2.05, 4.69) is 19.9 Å². The minimum absolute atomic E-state index is 0.101. The number of rotatable bonds is 5. The summed E-state index contributed by atoms with van der Waals surface area (Å²) in [7, 11) is 0. The number of aromatic nitrogens is 3. The van der Waals surface area contributed by atoms with Crippen molar-refractivity contribution in [3.05, 3.63) is 34.6 Å². The molecular formula is C15H16N4O3S. The van der Waals surface area contributed by atoms with Crippen LogP contribution in [0.25, 0.3) is 11.5 Å². The Hall–Kier alpha value is -2.48. The highest BCUT2D eigenvalue weighted by Gasteiger charge is 2.15. The zero-order chi connectivity index (χ0) is 16.4. The Kier molecular flexibility index (Phi) is 4.24. The van der Waals surface area contributed by atoms with Gasteiger partial charge in [0.2, 0.25) is 11.8 Å². The van der Waals surface area contributed by atoms with Crippen LogP contribution in [0, 0.1) is 20.8 Å².